The third-order valence-electron chi connectivity index (χ3n) is 1.84. The molecule has 1 aromatic rings. The normalized spacial score (nSPS) is 15.9. The van der Waals surface area contributed by atoms with Gasteiger partial charge in [-0.25, -0.2) is 0 Å². The maximum Gasteiger partial charge on any atom is 0.234 e. The summed E-state index contributed by atoms with van der Waals surface area (Å²) in [5, 5.41) is 3.48. The summed E-state index contributed by atoms with van der Waals surface area (Å²) in [7, 11) is 0. The quantitative estimate of drug-likeness (QED) is 0.718. The van der Waals surface area contributed by atoms with E-state index in [2.05, 4.69) is 5.32 Å². The first-order valence-electron chi connectivity index (χ1n) is 3.92. The monoisotopic (exact) mass is 213 g/mol. The number of hydrogen-bond donors (Lipinski definition) is 1. The fraction of sp³-hybridized carbons (Fsp3) is 0.222. The minimum atomic E-state index is 0.0472. The first-order chi connectivity index (χ1) is 6.25. The van der Waals surface area contributed by atoms with Gasteiger partial charge in [-0.15, -0.1) is 11.8 Å². The second-order valence-electron chi connectivity index (χ2n) is 2.84. The smallest absolute Gasteiger partial charge is 0.234 e. The third kappa shape index (κ3) is 1.98. The third-order valence-corrected chi connectivity index (χ3v) is 3.05. The number of nitrogens with one attached hydrogen (secondary N) is 1. The summed E-state index contributed by atoms with van der Waals surface area (Å²) >= 11 is 7.44. The summed E-state index contributed by atoms with van der Waals surface area (Å²) < 4.78 is 0. The molecule has 1 N–H and O–H groups in total. The topological polar surface area (TPSA) is 29.1 Å². The van der Waals surface area contributed by atoms with Crippen LogP contribution < -0.4 is 5.32 Å². The van der Waals surface area contributed by atoms with Crippen LogP contribution in [0.1, 0.15) is 5.56 Å². The standard InChI is InChI=1S/C9H8ClNOS/c10-7-2-1-6-4-13-5-9(12)11-8(6)3-7/h1-3H,4-5H2,(H,11,12). The van der Waals surface area contributed by atoms with Crippen LogP contribution in [0.25, 0.3) is 0 Å². The van der Waals surface area contributed by atoms with Crippen LogP contribution in [0, 0.1) is 0 Å². The largest absolute Gasteiger partial charge is 0.325 e. The van der Waals surface area contributed by atoms with Crippen molar-refractivity contribution in [3.05, 3.63) is 28.8 Å². The highest BCUT2D eigenvalue weighted by molar-refractivity contribution is 7.99. The summed E-state index contributed by atoms with van der Waals surface area (Å²) in [6.07, 6.45) is 0. The molecule has 1 heterocycles. The van der Waals surface area contributed by atoms with Gasteiger partial charge in [0.2, 0.25) is 5.91 Å². The van der Waals surface area contributed by atoms with Crippen LogP contribution in [0.5, 0.6) is 0 Å². The number of benzene rings is 1. The Hall–Kier alpha value is -0.670. The van der Waals surface area contributed by atoms with Gasteiger partial charge in [-0.3, -0.25) is 4.79 Å². The lowest BCUT2D eigenvalue weighted by molar-refractivity contribution is -0.113. The number of anilines is 1. The Balaban J connectivity index is 2.40. The Labute approximate surface area is 85.7 Å². The lowest BCUT2D eigenvalue weighted by Gasteiger charge is -2.05. The van der Waals surface area contributed by atoms with Crippen molar-refractivity contribution in [2.24, 2.45) is 0 Å². The van der Waals surface area contributed by atoms with E-state index < -0.39 is 0 Å². The average Bonchev–Trinajstić information content (AvgIpc) is 2.25. The fourth-order valence-corrected chi connectivity index (χ4v) is 2.23. The zero-order valence-corrected chi connectivity index (χ0v) is 8.41. The minimum Gasteiger partial charge on any atom is -0.325 e. The van der Waals surface area contributed by atoms with E-state index in [1.165, 1.54) is 0 Å². The molecule has 0 saturated carbocycles. The Morgan fingerprint density at radius 2 is 2.23 bits per heavy atom. The first kappa shape index (κ1) is 8.91. The van der Waals surface area contributed by atoms with Gasteiger partial charge in [-0.2, -0.15) is 0 Å². The maximum absolute atomic E-state index is 11.2. The average molecular weight is 214 g/mol. The molecule has 0 radical (unpaired) electrons. The molecule has 1 aliphatic rings. The van der Waals surface area contributed by atoms with Crippen molar-refractivity contribution in [1.29, 1.82) is 0 Å². The molecule has 2 rings (SSSR count). The molecule has 0 aliphatic carbocycles. The second-order valence-corrected chi connectivity index (χ2v) is 4.26. The van der Waals surface area contributed by atoms with Crippen LogP contribution in [0.2, 0.25) is 5.02 Å². The van der Waals surface area contributed by atoms with Crippen LogP contribution in [0.4, 0.5) is 5.69 Å². The predicted octanol–water partition coefficient (Wildman–Crippen LogP) is 2.53. The number of rotatable bonds is 0. The Kier molecular flexibility index (Phi) is 2.47. The van der Waals surface area contributed by atoms with Crippen LogP contribution in [-0.4, -0.2) is 11.7 Å². The molecule has 0 unspecified atom stereocenters. The molecule has 2 nitrogen and oxygen atoms in total. The molecule has 0 fully saturated rings. The second kappa shape index (κ2) is 3.60. The van der Waals surface area contributed by atoms with E-state index in [9.17, 15) is 4.79 Å². The molecular weight excluding hydrogens is 206 g/mol. The molecule has 0 aromatic heterocycles. The highest BCUT2D eigenvalue weighted by Crippen LogP contribution is 2.27. The van der Waals surface area contributed by atoms with Crippen LogP contribution in [0.3, 0.4) is 0 Å². The van der Waals surface area contributed by atoms with Crippen LogP contribution >= 0.6 is 23.4 Å². The van der Waals surface area contributed by atoms with Gasteiger partial charge in [0.05, 0.1) is 5.75 Å². The fourth-order valence-electron chi connectivity index (χ4n) is 1.23. The number of hydrogen-bond acceptors (Lipinski definition) is 2. The van der Waals surface area contributed by atoms with E-state index >= 15 is 0 Å². The lowest BCUT2D eigenvalue weighted by atomic mass is 10.2. The van der Waals surface area contributed by atoms with Gasteiger partial charge >= 0.3 is 0 Å². The van der Waals surface area contributed by atoms with Crippen molar-refractivity contribution in [1.82, 2.24) is 0 Å². The van der Waals surface area contributed by atoms with Crippen molar-refractivity contribution < 1.29 is 4.79 Å². The molecule has 13 heavy (non-hydrogen) atoms. The van der Waals surface area contributed by atoms with Crippen molar-refractivity contribution in [3.8, 4) is 0 Å². The molecule has 0 bridgehead atoms. The van der Waals surface area contributed by atoms with E-state index in [-0.39, 0.29) is 5.91 Å². The number of thioether (sulfide) groups is 1. The summed E-state index contributed by atoms with van der Waals surface area (Å²) in [5.41, 5.74) is 1.99. The molecule has 68 valence electrons. The van der Waals surface area contributed by atoms with Gasteiger partial charge in [-0.1, -0.05) is 17.7 Å². The highest BCUT2D eigenvalue weighted by atomic mass is 35.5. The number of amides is 1. The van der Waals surface area contributed by atoms with Crippen molar-refractivity contribution in [3.63, 3.8) is 0 Å². The molecular formula is C9H8ClNOS. The summed E-state index contributed by atoms with van der Waals surface area (Å²) in [6.45, 7) is 0. The van der Waals surface area contributed by atoms with E-state index in [4.69, 9.17) is 11.6 Å². The predicted molar refractivity (Wildman–Crippen MR) is 56.2 cm³/mol. The first-order valence-corrected chi connectivity index (χ1v) is 5.45. The van der Waals surface area contributed by atoms with Gasteiger partial charge < -0.3 is 5.32 Å². The molecule has 1 aliphatic heterocycles. The summed E-state index contributed by atoms with van der Waals surface area (Å²) in [5.74, 6) is 1.43. The SMILES string of the molecule is O=C1CSCc2ccc(Cl)cc2N1. The van der Waals surface area contributed by atoms with Gasteiger partial charge in [0.25, 0.3) is 0 Å². The van der Waals surface area contributed by atoms with Crippen LogP contribution in [-0.2, 0) is 10.5 Å². The highest BCUT2D eigenvalue weighted by Gasteiger charge is 2.12. The number of fused-ring (bicyclic) bond motifs is 1. The number of halogens is 1. The minimum absolute atomic E-state index is 0.0472. The van der Waals surface area contributed by atoms with Crippen molar-refractivity contribution >= 4 is 35.0 Å². The molecule has 0 atom stereocenters. The summed E-state index contributed by atoms with van der Waals surface area (Å²) in [6, 6.07) is 5.59. The van der Waals surface area contributed by atoms with Gasteiger partial charge in [0, 0.05) is 16.5 Å². The molecule has 1 amide bonds. The maximum atomic E-state index is 11.2. The van der Waals surface area contributed by atoms with Gasteiger partial charge in [0.1, 0.15) is 0 Å². The van der Waals surface area contributed by atoms with Crippen molar-refractivity contribution in [2.45, 2.75) is 5.75 Å². The van der Waals surface area contributed by atoms with Gasteiger partial charge in [-0.05, 0) is 17.7 Å². The van der Waals surface area contributed by atoms with E-state index in [1.54, 1.807) is 17.8 Å². The molecule has 0 spiro atoms. The lowest BCUT2D eigenvalue weighted by Crippen LogP contribution is -2.12. The number of carbonyl (C=O) groups is 1. The molecule has 4 heteroatoms. The van der Waals surface area contributed by atoms with Gasteiger partial charge in [0.15, 0.2) is 0 Å². The Bertz CT molecular complexity index is 353. The van der Waals surface area contributed by atoms with Crippen molar-refractivity contribution in [2.75, 3.05) is 11.1 Å². The Morgan fingerprint density at radius 1 is 1.38 bits per heavy atom. The zero-order valence-electron chi connectivity index (χ0n) is 6.84. The van der Waals surface area contributed by atoms with E-state index in [1.807, 2.05) is 12.1 Å². The zero-order chi connectivity index (χ0) is 9.26. The summed E-state index contributed by atoms with van der Waals surface area (Å²) in [4.78, 5) is 11.2. The van der Waals surface area contributed by atoms with E-state index in [0.29, 0.717) is 10.8 Å². The molecule has 1 aromatic carbocycles. The van der Waals surface area contributed by atoms with Crippen LogP contribution in [0.15, 0.2) is 18.2 Å². The Morgan fingerprint density at radius 3 is 3.08 bits per heavy atom. The molecule has 0 saturated heterocycles. The van der Waals surface area contributed by atoms with E-state index in [0.717, 1.165) is 17.0 Å². The number of carbonyl (C=O) groups excluding carboxylic acids is 1.